The van der Waals surface area contributed by atoms with Crippen molar-refractivity contribution in [2.75, 3.05) is 21.1 Å². The highest BCUT2D eigenvalue weighted by molar-refractivity contribution is 4.59. The van der Waals surface area contributed by atoms with Crippen molar-refractivity contribution in [1.82, 2.24) is 10.3 Å². The Hall–Kier alpha value is -0.160. The van der Waals surface area contributed by atoms with Gasteiger partial charge < -0.3 is 20.9 Å². The normalized spacial score (nSPS) is 11.1. The average Bonchev–Trinajstić information content (AvgIpc) is 1.65. The zero-order valence-electron chi connectivity index (χ0n) is 4.75. The fraction of sp³-hybridized carbons (Fsp3) is 1.00. The molecule has 0 saturated heterocycles. The minimum absolute atomic E-state index is 0.639. The molecule has 0 N–H and O–H groups in total. The SMILES string of the molecule is C[N-]N(C)N(C)[O-]. The Balaban J connectivity index is 3.14. The van der Waals surface area contributed by atoms with Crippen LogP contribution in [0, 0.1) is 5.21 Å². The summed E-state index contributed by atoms with van der Waals surface area (Å²) < 4.78 is 0. The van der Waals surface area contributed by atoms with Crippen LogP contribution in [0.15, 0.2) is 0 Å². The van der Waals surface area contributed by atoms with Gasteiger partial charge in [-0.15, -0.1) is 0 Å². The molecule has 7 heavy (non-hydrogen) atoms. The van der Waals surface area contributed by atoms with Crippen LogP contribution in [0.4, 0.5) is 0 Å². The molecule has 0 heterocycles. The molecule has 0 atom stereocenters. The maximum absolute atomic E-state index is 10.1. The summed E-state index contributed by atoms with van der Waals surface area (Å²) in [7, 11) is 4.51. The Morgan fingerprint density at radius 1 is 1.43 bits per heavy atom. The maximum Gasteiger partial charge on any atom is -0.0134 e. The average molecular weight is 103 g/mol. The van der Waals surface area contributed by atoms with Crippen molar-refractivity contribution >= 4 is 0 Å². The first-order chi connectivity index (χ1) is 3.18. The van der Waals surface area contributed by atoms with E-state index in [2.05, 4.69) is 5.43 Å². The lowest BCUT2D eigenvalue weighted by atomic mass is 11.2. The van der Waals surface area contributed by atoms with E-state index >= 15 is 0 Å². The Labute approximate surface area is 43.2 Å². The largest absolute Gasteiger partial charge is 0.773 e. The second-order valence-corrected chi connectivity index (χ2v) is 1.15. The summed E-state index contributed by atoms with van der Waals surface area (Å²) in [5, 5.41) is 12.0. The highest BCUT2D eigenvalue weighted by Gasteiger charge is 1.72. The highest BCUT2D eigenvalue weighted by Crippen LogP contribution is 1.89. The van der Waals surface area contributed by atoms with Crippen LogP contribution in [0.1, 0.15) is 0 Å². The van der Waals surface area contributed by atoms with Gasteiger partial charge in [0.15, 0.2) is 0 Å². The number of nitrogens with zero attached hydrogens (tertiary/aromatic N) is 3. The Kier molecular flexibility index (Phi) is 2.86. The van der Waals surface area contributed by atoms with Gasteiger partial charge in [0.2, 0.25) is 0 Å². The summed E-state index contributed by atoms with van der Waals surface area (Å²) in [6, 6.07) is 0. The van der Waals surface area contributed by atoms with Crippen LogP contribution >= 0.6 is 0 Å². The van der Waals surface area contributed by atoms with E-state index in [-0.39, 0.29) is 0 Å². The van der Waals surface area contributed by atoms with Crippen molar-refractivity contribution in [3.8, 4) is 0 Å². The van der Waals surface area contributed by atoms with E-state index in [0.717, 1.165) is 0 Å². The molecule has 0 aliphatic heterocycles. The van der Waals surface area contributed by atoms with Gasteiger partial charge in [-0.25, -0.2) is 0 Å². The number of hydrazine groups is 1. The fourth-order valence-corrected chi connectivity index (χ4v) is 0.126. The van der Waals surface area contributed by atoms with Gasteiger partial charge in [0, 0.05) is 0 Å². The summed E-state index contributed by atoms with van der Waals surface area (Å²) in [4.78, 5) is 0. The molecule has 0 aliphatic carbocycles. The molecular formula is C3H9N3O-2. The van der Waals surface area contributed by atoms with Crippen molar-refractivity contribution in [2.24, 2.45) is 0 Å². The monoisotopic (exact) mass is 103 g/mol. The number of rotatable bonds is 2. The molecule has 4 nitrogen and oxygen atoms in total. The quantitative estimate of drug-likeness (QED) is 0.468. The van der Waals surface area contributed by atoms with E-state index in [9.17, 15) is 5.21 Å². The van der Waals surface area contributed by atoms with Gasteiger partial charge >= 0.3 is 0 Å². The zero-order chi connectivity index (χ0) is 5.86. The van der Waals surface area contributed by atoms with E-state index in [0.29, 0.717) is 5.17 Å². The first-order valence-electron chi connectivity index (χ1n) is 1.92. The molecule has 0 aromatic carbocycles. The van der Waals surface area contributed by atoms with Gasteiger partial charge in [-0.1, -0.05) is 0 Å². The molecule has 0 spiro atoms. The summed E-state index contributed by atoms with van der Waals surface area (Å²) in [6.45, 7) is 0. The summed E-state index contributed by atoms with van der Waals surface area (Å²) in [6.07, 6.45) is 0. The first-order valence-corrected chi connectivity index (χ1v) is 1.92. The van der Waals surface area contributed by atoms with Crippen molar-refractivity contribution in [1.29, 1.82) is 0 Å². The zero-order valence-corrected chi connectivity index (χ0v) is 4.75. The van der Waals surface area contributed by atoms with Crippen molar-refractivity contribution in [2.45, 2.75) is 0 Å². The summed E-state index contributed by atoms with van der Waals surface area (Å²) in [5.74, 6) is 0. The maximum atomic E-state index is 10.1. The molecule has 0 saturated carbocycles. The Morgan fingerprint density at radius 2 is 1.86 bits per heavy atom. The minimum atomic E-state index is 0.639. The van der Waals surface area contributed by atoms with Gasteiger partial charge in [-0.3, -0.25) is 0 Å². The van der Waals surface area contributed by atoms with Crippen LogP contribution in [0.2, 0.25) is 0 Å². The molecule has 0 amide bonds. The Morgan fingerprint density at radius 3 is 1.86 bits per heavy atom. The topological polar surface area (TPSA) is 43.6 Å². The minimum Gasteiger partial charge on any atom is -0.773 e. The van der Waals surface area contributed by atoms with Gasteiger partial charge in [0.05, 0.1) is 0 Å². The Bertz CT molecular complexity index is 47.4. The molecule has 0 radical (unpaired) electrons. The van der Waals surface area contributed by atoms with Gasteiger partial charge in [-0.05, 0) is 14.1 Å². The predicted molar refractivity (Wildman–Crippen MR) is 28.2 cm³/mol. The van der Waals surface area contributed by atoms with E-state index in [1.54, 1.807) is 14.1 Å². The molecule has 44 valence electrons. The second-order valence-electron chi connectivity index (χ2n) is 1.15. The molecule has 0 unspecified atom stereocenters. The molecule has 0 aromatic heterocycles. The summed E-state index contributed by atoms with van der Waals surface area (Å²) in [5.41, 5.74) is 3.53. The van der Waals surface area contributed by atoms with E-state index in [1.807, 2.05) is 0 Å². The van der Waals surface area contributed by atoms with Crippen LogP contribution in [0.3, 0.4) is 0 Å². The van der Waals surface area contributed by atoms with Crippen molar-refractivity contribution < 1.29 is 0 Å². The van der Waals surface area contributed by atoms with E-state index < -0.39 is 0 Å². The first kappa shape index (κ1) is 6.84. The van der Waals surface area contributed by atoms with Crippen LogP contribution in [-0.2, 0) is 0 Å². The molecular weight excluding hydrogens is 94.1 g/mol. The van der Waals surface area contributed by atoms with E-state index in [1.165, 1.54) is 12.2 Å². The standard InChI is InChI=1S/C3H9N3O/c1-4-5(2)6(3)7/h1-3H3/q-2. The summed E-state index contributed by atoms with van der Waals surface area (Å²) >= 11 is 0. The van der Waals surface area contributed by atoms with Gasteiger partial charge in [-0.2, -0.15) is 7.05 Å². The third kappa shape index (κ3) is 2.52. The van der Waals surface area contributed by atoms with Crippen LogP contribution in [-0.4, -0.2) is 31.4 Å². The third-order valence-corrected chi connectivity index (χ3v) is 0.697. The van der Waals surface area contributed by atoms with Crippen molar-refractivity contribution in [3.63, 3.8) is 0 Å². The smallest absolute Gasteiger partial charge is 0.0134 e. The molecule has 4 heteroatoms. The predicted octanol–water partition coefficient (Wildman–Crippen LogP) is 0.181. The lowest BCUT2D eigenvalue weighted by Crippen LogP contribution is -2.26. The van der Waals surface area contributed by atoms with Crippen LogP contribution in [0.25, 0.3) is 5.43 Å². The van der Waals surface area contributed by atoms with Gasteiger partial charge in [0.25, 0.3) is 0 Å². The van der Waals surface area contributed by atoms with Crippen LogP contribution < -0.4 is 0 Å². The number of hydroxylamine groups is 1. The number of hydrogen-bond acceptors (Lipinski definition) is 3. The van der Waals surface area contributed by atoms with E-state index in [4.69, 9.17) is 0 Å². The van der Waals surface area contributed by atoms with Crippen molar-refractivity contribution in [3.05, 3.63) is 10.6 Å². The fourth-order valence-electron chi connectivity index (χ4n) is 0.126. The molecule has 0 aliphatic rings. The number of hydrogen-bond donors (Lipinski definition) is 0. The molecule has 0 bridgehead atoms. The molecule has 0 rings (SSSR count). The highest BCUT2D eigenvalue weighted by atomic mass is 16.6. The molecule has 0 aromatic rings. The van der Waals surface area contributed by atoms with Crippen LogP contribution in [0.5, 0.6) is 0 Å². The molecule has 0 fully saturated rings. The third-order valence-electron chi connectivity index (χ3n) is 0.697. The lowest BCUT2D eigenvalue weighted by molar-refractivity contribution is 0.129. The van der Waals surface area contributed by atoms with Gasteiger partial charge in [0.1, 0.15) is 0 Å². The second kappa shape index (κ2) is 2.92. The lowest BCUT2D eigenvalue weighted by Gasteiger charge is -2.42.